The average molecular weight is 210 g/mol. The molecule has 1 aliphatic rings. The van der Waals surface area contributed by atoms with E-state index in [0.29, 0.717) is 12.6 Å². The van der Waals surface area contributed by atoms with Crippen molar-refractivity contribution in [1.29, 1.82) is 0 Å². The standard InChI is InChI=1S/C10H18N4O/c11-7-9-8-14(13-12-9)5-1-3-10-4-2-6-15-10/h8,10H,1-7,11H2. The van der Waals surface area contributed by atoms with Crippen molar-refractivity contribution in [3.05, 3.63) is 11.9 Å². The summed E-state index contributed by atoms with van der Waals surface area (Å²) in [5, 5.41) is 7.94. The summed E-state index contributed by atoms with van der Waals surface area (Å²) in [5.41, 5.74) is 6.31. The molecule has 2 heterocycles. The highest BCUT2D eigenvalue weighted by molar-refractivity contribution is 4.90. The lowest BCUT2D eigenvalue weighted by Crippen LogP contribution is -2.07. The van der Waals surface area contributed by atoms with Crippen LogP contribution in [-0.4, -0.2) is 27.7 Å². The van der Waals surface area contributed by atoms with Crippen molar-refractivity contribution < 1.29 is 4.74 Å². The molecule has 1 atom stereocenters. The number of hydrogen-bond acceptors (Lipinski definition) is 4. The maximum Gasteiger partial charge on any atom is 0.0962 e. The molecule has 0 amide bonds. The van der Waals surface area contributed by atoms with E-state index in [4.69, 9.17) is 10.5 Å². The van der Waals surface area contributed by atoms with Crippen molar-refractivity contribution in [1.82, 2.24) is 15.0 Å². The van der Waals surface area contributed by atoms with Gasteiger partial charge in [0.25, 0.3) is 0 Å². The third-order valence-corrected chi connectivity index (χ3v) is 2.73. The first-order valence-corrected chi connectivity index (χ1v) is 5.59. The van der Waals surface area contributed by atoms with Crippen LogP contribution in [0.1, 0.15) is 31.4 Å². The lowest BCUT2D eigenvalue weighted by atomic mass is 10.1. The molecule has 0 aromatic carbocycles. The maximum atomic E-state index is 5.55. The Kier molecular flexibility index (Phi) is 3.69. The van der Waals surface area contributed by atoms with Crippen molar-refractivity contribution in [2.24, 2.45) is 5.73 Å². The summed E-state index contributed by atoms with van der Waals surface area (Å²) >= 11 is 0. The van der Waals surface area contributed by atoms with Crippen molar-refractivity contribution in [2.75, 3.05) is 6.61 Å². The molecule has 2 N–H and O–H groups in total. The van der Waals surface area contributed by atoms with Gasteiger partial charge < -0.3 is 10.5 Å². The Hall–Kier alpha value is -0.940. The van der Waals surface area contributed by atoms with E-state index in [-0.39, 0.29) is 0 Å². The monoisotopic (exact) mass is 210 g/mol. The molecule has 5 heteroatoms. The molecule has 0 bridgehead atoms. The Balaban J connectivity index is 1.68. The van der Waals surface area contributed by atoms with Gasteiger partial charge in [0.05, 0.1) is 11.8 Å². The molecule has 1 aromatic heterocycles. The molecule has 0 saturated carbocycles. The third kappa shape index (κ3) is 3.00. The van der Waals surface area contributed by atoms with E-state index in [0.717, 1.165) is 31.7 Å². The molecule has 15 heavy (non-hydrogen) atoms. The molecule has 0 aliphatic carbocycles. The molecule has 84 valence electrons. The minimum atomic E-state index is 0.464. The summed E-state index contributed by atoms with van der Waals surface area (Å²) < 4.78 is 7.41. The average Bonchev–Trinajstić information content (AvgIpc) is 2.88. The van der Waals surface area contributed by atoms with Crippen molar-refractivity contribution in [2.45, 2.75) is 44.9 Å². The Morgan fingerprint density at radius 1 is 1.60 bits per heavy atom. The van der Waals surface area contributed by atoms with E-state index in [9.17, 15) is 0 Å². The number of aryl methyl sites for hydroxylation is 1. The first kappa shape index (κ1) is 10.6. The van der Waals surface area contributed by atoms with Gasteiger partial charge in [-0.3, -0.25) is 4.68 Å². The van der Waals surface area contributed by atoms with Crippen molar-refractivity contribution in [3.8, 4) is 0 Å². The van der Waals surface area contributed by atoms with Gasteiger partial charge >= 0.3 is 0 Å². The van der Waals surface area contributed by atoms with E-state index in [2.05, 4.69) is 10.3 Å². The van der Waals surface area contributed by atoms with Gasteiger partial charge in [-0.05, 0) is 25.7 Å². The number of nitrogens with zero attached hydrogens (tertiary/aromatic N) is 3. The minimum Gasteiger partial charge on any atom is -0.378 e. The lowest BCUT2D eigenvalue weighted by molar-refractivity contribution is 0.101. The Morgan fingerprint density at radius 3 is 3.20 bits per heavy atom. The highest BCUT2D eigenvalue weighted by atomic mass is 16.5. The molecule has 2 rings (SSSR count). The Bertz CT molecular complexity index is 293. The molecule has 1 aliphatic heterocycles. The normalized spacial score (nSPS) is 21.0. The van der Waals surface area contributed by atoms with Crippen LogP contribution in [0.3, 0.4) is 0 Å². The SMILES string of the molecule is NCc1cn(CCCC2CCCO2)nn1. The molecular weight excluding hydrogens is 192 g/mol. The zero-order valence-corrected chi connectivity index (χ0v) is 8.93. The second-order valence-corrected chi connectivity index (χ2v) is 3.95. The van der Waals surface area contributed by atoms with Crippen LogP contribution in [0, 0.1) is 0 Å². The molecular formula is C10H18N4O. The second-order valence-electron chi connectivity index (χ2n) is 3.95. The molecule has 1 unspecified atom stereocenters. The first-order valence-electron chi connectivity index (χ1n) is 5.59. The predicted octanol–water partition coefficient (Wildman–Crippen LogP) is 0.696. The summed E-state index contributed by atoms with van der Waals surface area (Å²) in [6.07, 6.45) is 7.03. The molecule has 5 nitrogen and oxygen atoms in total. The van der Waals surface area contributed by atoms with Crippen LogP contribution in [0.25, 0.3) is 0 Å². The van der Waals surface area contributed by atoms with E-state index >= 15 is 0 Å². The maximum absolute atomic E-state index is 5.55. The fourth-order valence-electron chi connectivity index (χ4n) is 1.89. The summed E-state index contributed by atoms with van der Waals surface area (Å²) in [7, 11) is 0. The molecule has 1 saturated heterocycles. The fourth-order valence-corrected chi connectivity index (χ4v) is 1.89. The van der Waals surface area contributed by atoms with Crippen LogP contribution in [0.15, 0.2) is 6.20 Å². The molecule has 0 spiro atoms. The number of ether oxygens (including phenoxy) is 1. The molecule has 1 fully saturated rings. The Labute approximate surface area is 89.6 Å². The quantitative estimate of drug-likeness (QED) is 0.776. The van der Waals surface area contributed by atoms with E-state index in [1.165, 1.54) is 12.8 Å². The largest absolute Gasteiger partial charge is 0.378 e. The van der Waals surface area contributed by atoms with Gasteiger partial charge in [0.1, 0.15) is 0 Å². The minimum absolute atomic E-state index is 0.464. The van der Waals surface area contributed by atoms with Crippen LogP contribution in [-0.2, 0) is 17.8 Å². The summed E-state index contributed by atoms with van der Waals surface area (Å²) in [4.78, 5) is 0. The van der Waals surface area contributed by atoms with Crippen molar-refractivity contribution >= 4 is 0 Å². The van der Waals surface area contributed by atoms with Gasteiger partial charge in [0, 0.05) is 25.9 Å². The van der Waals surface area contributed by atoms with Gasteiger partial charge in [0.15, 0.2) is 0 Å². The van der Waals surface area contributed by atoms with E-state index < -0.39 is 0 Å². The van der Waals surface area contributed by atoms with Gasteiger partial charge in [-0.1, -0.05) is 5.21 Å². The van der Waals surface area contributed by atoms with Crippen LogP contribution < -0.4 is 5.73 Å². The zero-order chi connectivity index (χ0) is 10.5. The second kappa shape index (κ2) is 5.23. The van der Waals surface area contributed by atoms with Gasteiger partial charge in [0.2, 0.25) is 0 Å². The Morgan fingerprint density at radius 2 is 2.53 bits per heavy atom. The van der Waals surface area contributed by atoms with Crippen LogP contribution in [0.4, 0.5) is 0 Å². The topological polar surface area (TPSA) is 66.0 Å². The van der Waals surface area contributed by atoms with Crippen LogP contribution >= 0.6 is 0 Å². The highest BCUT2D eigenvalue weighted by Gasteiger charge is 2.14. The lowest BCUT2D eigenvalue weighted by Gasteiger charge is -2.07. The number of nitrogens with two attached hydrogens (primary N) is 1. The summed E-state index contributed by atoms with van der Waals surface area (Å²) in [6.45, 7) is 2.31. The summed E-state index contributed by atoms with van der Waals surface area (Å²) in [5.74, 6) is 0. The van der Waals surface area contributed by atoms with Gasteiger partial charge in [-0.15, -0.1) is 5.10 Å². The number of hydrogen-bond donors (Lipinski definition) is 1. The highest BCUT2D eigenvalue weighted by Crippen LogP contribution is 2.16. The number of aromatic nitrogens is 3. The fraction of sp³-hybridized carbons (Fsp3) is 0.800. The smallest absolute Gasteiger partial charge is 0.0962 e. The van der Waals surface area contributed by atoms with Crippen LogP contribution in [0.2, 0.25) is 0 Å². The molecule has 1 aromatic rings. The van der Waals surface area contributed by atoms with E-state index in [1.807, 2.05) is 10.9 Å². The van der Waals surface area contributed by atoms with Gasteiger partial charge in [-0.2, -0.15) is 0 Å². The van der Waals surface area contributed by atoms with Crippen LogP contribution in [0.5, 0.6) is 0 Å². The summed E-state index contributed by atoms with van der Waals surface area (Å²) in [6, 6.07) is 0. The van der Waals surface area contributed by atoms with Crippen molar-refractivity contribution in [3.63, 3.8) is 0 Å². The predicted molar refractivity (Wildman–Crippen MR) is 56.1 cm³/mol. The van der Waals surface area contributed by atoms with Gasteiger partial charge in [-0.25, -0.2) is 0 Å². The molecule has 0 radical (unpaired) electrons. The first-order chi connectivity index (χ1) is 7.38. The zero-order valence-electron chi connectivity index (χ0n) is 8.93. The number of rotatable bonds is 5. The third-order valence-electron chi connectivity index (χ3n) is 2.73. The van der Waals surface area contributed by atoms with E-state index in [1.54, 1.807) is 0 Å².